The lowest BCUT2D eigenvalue weighted by Crippen LogP contribution is -2.35. The molecular formula is C26H32N2O6. The first-order valence-corrected chi connectivity index (χ1v) is 11.6. The second-order valence-corrected chi connectivity index (χ2v) is 9.12. The fourth-order valence-corrected chi connectivity index (χ4v) is 4.56. The first kappa shape index (κ1) is 23.7. The minimum absolute atomic E-state index is 0.0681. The van der Waals surface area contributed by atoms with Crippen molar-refractivity contribution in [3.05, 3.63) is 47.5 Å². The largest absolute Gasteiger partial charge is 0.497 e. The number of amides is 2. The van der Waals surface area contributed by atoms with Crippen molar-refractivity contribution < 1.29 is 28.5 Å². The van der Waals surface area contributed by atoms with Gasteiger partial charge in [0.1, 0.15) is 11.5 Å². The predicted molar refractivity (Wildman–Crippen MR) is 126 cm³/mol. The quantitative estimate of drug-likeness (QED) is 0.640. The van der Waals surface area contributed by atoms with Crippen LogP contribution in [-0.2, 0) is 16.1 Å². The van der Waals surface area contributed by atoms with Crippen LogP contribution in [0.3, 0.4) is 0 Å². The van der Waals surface area contributed by atoms with E-state index in [1.54, 1.807) is 19.1 Å². The Labute approximate surface area is 200 Å². The molecule has 8 heteroatoms. The fraction of sp³-hybridized carbons (Fsp3) is 0.462. The molecule has 2 aliphatic heterocycles. The van der Waals surface area contributed by atoms with E-state index >= 15 is 0 Å². The molecule has 0 bridgehead atoms. The molecule has 2 heterocycles. The summed E-state index contributed by atoms with van der Waals surface area (Å²) in [5.41, 5.74) is 1.81. The Kier molecular flexibility index (Phi) is 7.14. The van der Waals surface area contributed by atoms with E-state index in [1.165, 1.54) is 0 Å². The summed E-state index contributed by atoms with van der Waals surface area (Å²) in [5.74, 6) is 2.35. The number of ether oxygens (including phenoxy) is 4. The maximum absolute atomic E-state index is 13.4. The van der Waals surface area contributed by atoms with Gasteiger partial charge in [-0.05, 0) is 29.7 Å². The van der Waals surface area contributed by atoms with E-state index in [4.69, 9.17) is 18.9 Å². The van der Waals surface area contributed by atoms with Crippen LogP contribution in [-0.4, -0.2) is 50.8 Å². The van der Waals surface area contributed by atoms with Gasteiger partial charge in [-0.15, -0.1) is 0 Å². The topological polar surface area (TPSA) is 86.3 Å². The van der Waals surface area contributed by atoms with Crippen molar-refractivity contribution in [2.45, 2.75) is 32.7 Å². The minimum Gasteiger partial charge on any atom is -0.497 e. The highest BCUT2D eigenvalue weighted by Gasteiger charge is 2.41. The number of fused-ring (bicyclic) bond motifs is 1. The number of hydrogen-bond acceptors (Lipinski definition) is 6. The lowest BCUT2D eigenvalue weighted by atomic mass is 9.87. The van der Waals surface area contributed by atoms with E-state index in [0.29, 0.717) is 49.1 Å². The second-order valence-electron chi connectivity index (χ2n) is 9.12. The molecule has 0 saturated carbocycles. The van der Waals surface area contributed by atoms with Gasteiger partial charge < -0.3 is 29.2 Å². The molecule has 8 nitrogen and oxygen atoms in total. The average Bonchev–Trinajstić information content (AvgIpc) is 3.48. The van der Waals surface area contributed by atoms with Crippen molar-refractivity contribution in [2.75, 3.05) is 34.1 Å². The molecule has 2 aromatic carbocycles. The van der Waals surface area contributed by atoms with E-state index in [9.17, 15) is 9.59 Å². The number of carbonyl (C=O) groups excluding carboxylic acids is 2. The molecular weight excluding hydrogens is 436 g/mol. The van der Waals surface area contributed by atoms with Crippen LogP contribution in [0.1, 0.15) is 37.3 Å². The van der Waals surface area contributed by atoms with E-state index in [-0.39, 0.29) is 30.4 Å². The number of nitrogens with zero attached hydrogens (tertiary/aromatic N) is 1. The Morgan fingerprint density at radius 3 is 2.59 bits per heavy atom. The highest BCUT2D eigenvalue weighted by molar-refractivity contribution is 5.83. The van der Waals surface area contributed by atoms with Gasteiger partial charge in [0, 0.05) is 43.6 Å². The van der Waals surface area contributed by atoms with Crippen LogP contribution in [0.25, 0.3) is 0 Å². The lowest BCUT2D eigenvalue weighted by Gasteiger charge is -2.21. The third-order valence-corrected chi connectivity index (χ3v) is 6.34. The monoisotopic (exact) mass is 468 g/mol. The van der Waals surface area contributed by atoms with Gasteiger partial charge in [0.25, 0.3) is 0 Å². The zero-order chi connectivity index (χ0) is 24.2. The Balaban J connectivity index is 1.54. The van der Waals surface area contributed by atoms with E-state index in [1.807, 2.05) is 50.2 Å². The zero-order valence-corrected chi connectivity index (χ0v) is 20.1. The van der Waals surface area contributed by atoms with E-state index in [2.05, 4.69) is 5.32 Å². The molecule has 0 radical (unpaired) electrons. The van der Waals surface area contributed by atoms with Gasteiger partial charge in [0.15, 0.2) is 11.5 Å². The highest BCUT2D eigenvalue weighted by atomic mass is 16.7. The van der Waals surface area contributed by atoms with Gasteiger partial charge in [0.05, 0.1) is 20.1 Å². The van der Waals surface area contributed by atoms with Crippen LogP contribution in [0.2, 0.25) is 0 Å². The third-order valence-electron chi connectivity index (χ3n) is 6.34. The van der Waals surface area contributed by atoms with Crippen LogP contribution in [0.15, 0.2) is 36.4 Å². The van der Waals surface area contributed by atoms with Gasteiger partial charge in [-0.2, -0.15) is 0 Å². The van der Waals surface area contributed by atoms with Crippen molar-refractivity contribution in [3.63, 3.8) is 0 Å². The molecule has 2 aliphatic rings. The molecule has 0 spiro atoms. The van der Waals surface area contributed by atoms with Gasteiger partial charge in [-0.25, -0.2) is 0 Å². The SMILES string of the molecule is COc1ccc(C2CN(C(=O)CC(C)C)CC2C(=O)NCc2ccc3c(c2)OCO3)c(OC)c1. The Bertz CT molecular complexity index is 1050. The Morgan fingerprint density at radius 1 is 1.06 bits per heavy atom. The smallest absolute Gasteiger partial charge is 0.231 e. The van der Waals surface area contributed by atoms with E-state index in [0.717, 1.165) is 11.1 Å². The summed E-state index contributed by atoms with van der Waals surface area (Å²) in [5, 5.41) is 3.05. The molecule has 34 heavy (non-hydrogen) atoms. The summed E-state index contributed by atoms with van der Waals surface area (Å²) in [7, 11) is 3.20. The van der Waals surface area contributed by atoms with Crippen molar-refractivity contribution in [2.24, 2.45) is 11.8 Å². The third kappa shape index (κ3) is 5.05. The van der Waals surface area contributed by atoms with E-state index < -0.39 is 5.92 Å². The minimum atomic E-state index is -0.396. The fourth-order valence-electron chi connectivity index (χ4n) is 4.56. The number of methoxy groups -OCH3 is 2. The van der Waals surface area contributed by atoms with Crippen molar-refractivity contribution >= 4 is 11.8 Å². The first-order valence-electron chi connectivity index (χ1n) is 11.6. The molecule has 1 fully saturated rings. The van der Waals surface area contributed by atoms with Crippen LogP contribution in [0.4, 0.5) is 0 Å². The maximum atomic E-state index is 13.4. The number of carbonyl (C=O) groups is 2. The molecule has 2 amide bonds. The number of likely N-dealkylation sites (tertiary alicyclic amines) is 1. The Morgan fingerprint density at radius 2 is 1.85 bits per heavy atom. The normalized spacial score (nSPS) is 18.8. The number of rotatable bonds is 8. The average molecular weight is 469 g/mol. The molecule has 4 rings (SSSR count). The second kappa shape index (κ2) is 10.2. The molecule has 2 unspecified atom stereocenters. The first-order chi connectivity index (χ1) is 16.4. The summed E-state index contributed by atoms with van der Waals surface area (Å²) in [6.07, 6.45) is 0.456. The Hall–Kier alpha value is -3.42. The van der Waals surface area contributed by atoms with Gasteiger partial charge in [-0.1, -0.05) is 26.0 Å². The van der Waals surface area contributed by atoms with Crippen molar-refractivity contribution in [3.8, 4) is 23.0 Å². The van der Waals surface area contributed by atoms with Gasteiger partial charge >= 0.3 is 0 Å². The van der Waals surface area contributed by atoms with Gasteiger partial charge in [0.2, 0.25) is 18.6 Å². The van der Waals surface area contributed by atoms with Crippen LogP contribution in [0.5, 0.6) is 23.0 Å². The summed E-state index contributed by atoms with van der Waals surface area (Å²) in [6, 6.07) is 11.2. The summed E-state index contributed by atoms with van der Waals surface area (Å²) >= 11 is 0. The molecule has 1 N–H and O–H groups in total. The van der Waals surface area contributed by atoms with Gasteiger partial charge in [-0.3, -0.25) is 9.59 Å². The standard InChI is InChI=1S/C26H32N2O6/c1-16(2)9-25(29)28-13-20(19-7-6-18(31-3)11-23(19)32-4)21(14-28)26(30)27-12-17-5-8-22-24(10-17)34-15-33-22/h5-8,10-11,16,20-21H,9,12-15H2,1-4H3,(H,27,30). The molecule has 182 valence electrons. The molecule has 0 aliphatic carbocycles. The number of hydrogen-bond donors (Lipinski definition) is 1. The summed E-state index contributed by atoms with van der Waals surface area (Å²) < 4.78 is 21.7. The van der Waals surface area contributed by atoms with Crippen LogP contribution < -0.4 is 24.3 Å². The maximum Gasteiger partial charge on any atom is 0.231 e. The molecule has 2 aromatic rings. The number of benzene rings is 2. The molecule has 1 saturated heterocycles. The molecule has 2 atom stereocenters. The number of nitrogens with one attached hydrogen (secondary N) is 1. The molecule has 0 aromatic heterocycles. The zero-order valence-electron chi connectivity index (χ0n) is 20.1. The van der Waals surface area contributed by atoms with Crippen LogP contribution >= 0.6 is 0 Å². The highest BCUT2D eigenvalue weighted by Crippen LogP contribution is 2.40. The van der Waals surface area contributed by atoms with Crippen molar-refractivity contribution in [1.82, 2.24) is 10.2 Å². The van der Waals surface area contributed by atoms with Crippen LogP contribution in [0, 0.1) is 11.8 Å². The summed E-state index contributed by atoms with van der Waals surface area (Å²) in [4.78, 5) is 28.0. The lowest BCUT2D eigenvalue weighted by molar-refractivity contribution is -0.131. The van der Waals surface area contributed by atoms with Crippen molar-refractivity contribution in [1.29, 1.82) is 0 Å². The predicted octanol–water partition coefficient (Wildman–Crippen LogP) is 3.34. The summed E-state index contributed by atoms with van der Waals surface area (Å²) in [6.45, 7) is 5.45.